The van der Waals surface area contributed by atoms with Crippen molar-refractivity contribution in [1.29, 1.82) is 0 Å². The molecule has 0 aromatic heterocycles. The Morgan fingerprint density at radius 1 is 1.17 bits per heavy atom. The third-order valence-electron chi connectivity index (χ3n) is 1.35. The molecule has 0 N–H and O–H groups in total. The van der Waals surface area contributed by atoms with E-state index in [1.165, 1.54) is 18.2 Å². The van der Waals surface area contributed by atoms with E-state index in [0.717, 1.165) is 0 Å². The number of hydrogen-bond donors (Lipinski definition) is 0. The predicted octanol–water partition coefficient (Wildman–Crippen LogP) is 4.04. The lowest BCUT2D eigenvalue weighted by atomic mass is 10.2. The van der Waals surface area contributed by atoms with Crippen LogP contribution in [0.3, 0.4) is 0 Å². The van der Waals surface area contributed by atoms with Crippen LogP contribution in [0.1, 0.15) is 12.0 Å². The van der Waals surface area contributed by atoms with Gasteiger partial charge in [-0.3, -0.25) is 0 Å². The molecule has 0 aliphatic rings. The summed E-state index contributed by atoms with van der Waals surface area (Å²) in [6.45, 7) is -1.48. The fourth-order valence-electron chi connectivity index (χ4n) is 0.826. The maximum absolute atomic E-state index is 12.3. The van der Waals surface area contributed by atoms with Crippen LogP contribution in [0, 0.1) is 0 Å². The minimum absolute atomic E-state index is 0.0754. The van der Waals surface area contributed by atoms with Gasteiger partial charge >= 0.3 is 0 Å². The smallest absolute Gasteiger partial charge is 0.205 e. The Hall–Kier alpha value is 0.0900. The van der Waals surface area contributed by atoms with E-state index < -0.39 is 13.1 Å². The second kappa shape index (κ2) is 4.36. The Morgan fingerprint density at radius 3 is 2.17 bits per heavy atom. The van der Waals surface area contributed by atoms with Gasteiger partial charge in [0.25, 0.3) is 6.43 Å². The standard InChI is InChI=1S/C7H5Cl2F2P/c8-12(9)6-4-2-1-3-5(6)7(10)11/h1-4,7H. The van der Waals surface area contributed by atoms with Gasteiger partial charge in [-0.15, -0.1) is 0 Å². The van der Waals surface area contributed by atoms with Crippen LogP contribution in [-0.4, -0.2) is 0 Å². The molecule has 1 aromatic carbocycles. The van der Waals surface area contributed by atoms with Crippen molar-refractivity contribution in [3.63, 3.8) is 0 Å². The maximum Gasteiger partial charge on any atom is 0.264 e. The van der Waals surface area contributed by atoms with Crippen LogP contribution in [0.25, 0.3) is 0 Å². The summed E-state index contributed by atoms with van der Waals surface area (Å²) in [5.41, 5.74) is -0.0754. The number of alkyl halides is 2. The molecule has 0 bridgehead atoms. The van der Waals surface area contributed by atoms with Gasteiger partial charge in [0.1, 0.15) is 6.63 Å². The Bertz CT molecular complexity index is 238. The first-order chi connectivity index (χ1) is 5.63. The third kappa shape index (κ3) is 2.29. The Balaban J connectivity index is 3.09. The number of halogens is 4. The average molecular weight is 229 g/mol. The van der Waals surface area contributed by atoms with Crippen LogP contribution in [0.4, 0.5) is 8.78 Å². The number of benzene rings is 1. The van der Waals surface area contributed by atoms with Gasteiger partial charge in [-0.2, -0.15) is 0 Å². The summed E-state index contributed by atoms with van der Waals surface area (Å²) >= 11 is 11.1. The van der Waals surface area contributed by atoms with Crippen LogP contribution in [0.5, 0.6) is 0 Å². The van der Waals surface area contributed by atoms with Crippen molar-refractivity contribution in [3.05, 3.63) is 29.8 Å². The minimum Gasteiger partial charge on any atom is -0.205 e. The zero-order chi connectivity index (χ0) is 9.14. The van der Waals surface area contributed by atoms with Crippen molar-refractivity contribution in [2.75, 3.05) is 0 Å². The van der Waals surface area contributed by atoms with Gasteiger partial charge in [0, 0.05) is 10.9 Å². The molecule has 0 nitrogen and oxygen atoms in total. The van der Waals surface area contributed by atoms with Gasteiger partial charge in [-0.05, 0) is 0 Å². The second-order valence-electron chi connectivity index (χ2n) is 2.09. The molecule has 1 rings (SSSR count). The Morgan fingerprint density at radius 2 is 1.75 bits per heavy atom. The highest BCUT2D eigenvalue weighted by atomic mass is 35.9. The summed E-state index contributed by atoms with van der Waals surface area (Å²) < 4.78 is 24.6. The average Bonchev–Trinajstić information content (AvgIpc) is 2.04. The molecule has 0 unspecified atom stereocenters. The Kier molecular flexibility index (Phi) is 3.70. The van der Waals surface area contributed by atoms with Crippen molar-refractivity contribution in [1.82, 2.24) is 0 Å². The lowest BCUT2D eigenvalue weighted by Gasteiger charge is -2.07. The molecule has 1 aromatic rings. The van der Waals surface area contributed by atoms with Gasteiger partial charge in [0.15, 0.2) is 0 Å². The molecular weight excluding hydrogens is 224 g/mol. The first kappa shape index (κ1) is 10.2. The van der Waals surface area contributed by atoms with E-state index >= 15 is 0 Å². The first-order valence-electron chi connectivity index (χ1n) is 3.11. The molecule has 0 fully saturated rings. The van der Waals surface area contributed by atoms with Crippen LogP contribution in [0.2, 0.25) is 0 Å². The molecule has 0 radical (unpaired) electrons. The molecule has 12 heavy (non-hydrogen) atoms. The fourth-order valence-corrected chi connectivity index (χ4v) is 2.32. The largest absolute Gasteiger partial charge is 0.264 e. The van der Waals surface area contributed by atoms with Crippen molar-refractivity contribution in [3.8, 4) is 0 Å². The zero-order valence-corrected chi connectivity index (χ0v) is 8.25. The van der Waals surface area contributed by atoms with E-state index in [4.69, 9.17) is 22.5 Å². The molecule has 0 heterocycles. The van der Waals surface area contributed by atoms with E-state index in [-0.39, 0.29) is 5.56 Å². The van der Waals surface area contributed by atoms with E-state index in [9.17, 15) is 8.78 Å². The van der Waals surface area contributed by atoms with E-state index in [0.29, 0.717) is 5.30 Å². The third-order valence-corrected chi connectivity index (χ3v) is 3.22. The lowest BCUT2D eigenvalue weighted by Crippen LogP contribution is -2.04. The van der Waals surface area contributed by atoms with Crippen molar-refractivity contribution in [2.45, 2.75) is 6.43 Å². The summed E-state index contributed by atoms with van der Waals surface area (Å²) in [7, 11) is 0. The molecule has 0 aliphatic carbocycles. The fraction of sp³-hybridized carbons (Fsp3) is 0.143. The van der Waals surface area contributed by atoms with Gasteiger partial charge < -0.3 is 0 Å². The molecule has 66 valence electrons. The van der Waals surface area contributed by atoms with Crippen molar-refractivity contribution < 1.29 is 8.78 Å². The van der Waals surface area contributed by atoms with Crippen molar-refractivity contribution in [2.24, 2.45) is 0 Å². The monoisotopic (exact) mass is 228 g/mol. The van der Waals surface area contributed by atoms with Crippen LogP contribution < -0.4 is 5.30 Å². The maximum atomic E-state index is 12.3. The highest BCUT2D eigenvalue weighted by Crippen LogP contribution is 2.47. The summed E-state index contributed by atoms with van der Waals surface area (Å²) in [6, 6.07) is 6.03. The molecule has 0 saturated heterocycles. The van der Waals surface area contributed by atoms with Crippen LogP contribution in [0.15, 0.2) is 24.3 Å². The molecule has 0 amide bonds. The predicted molar refractivity (Wildman–Crippen MR) is 49.7 cm³/mol. The molecule has 0 atom stereocenters. The van der Waals surface area contributed by atoms with E-state index in [2.05, 4.69) is 0 Å². The second-order valence-corrected chi connectivity index (χ2v) is 5.59. The molecule has 0 aliphatic heterocycles. The highest BCUT2D eigenvalue weighted by Gasteiger charge is 2.16. The number of hydrogen-bond acceptors (Lipinski definition) is 0. The molecule has 0 spiro atoms. The SMILES string of the molecule is FC(F)c1ccccc1P(Cl)Cl. The van der Waals surface area contributed by atoms with Crippen molar-refractivity contribution >= 4 is 34.4 Å². The lowest BCUT2D eigenvalue weighted by molar-refractivity contribution is 0.152. The first-order valence-corrected chi connectivity index (χ1v) is 6.27. The van der Waals surface area contributed by atoms with Gasteiger partial charge in [0.2, 0.25) is 0 Å². The Labute approximate surface area is 79.8 Å². The molecule has 0 saturated carbocycles. The molecule has 5 heteroatoms. The summed E-state index contributed by atoms with van der Waals surface area (Å²) in [4.78, 5) is 0. The summed E-state index contributed by atoms with van der Waals surface area (Å²) in [6.07, 6.45) is -2.51. The van der Waals surface area contributed by atoms with E-state index in [1.54, 1.807) is 6.07 Å². The molecular formula is C7H5Cl2F2P. The highest BCUT2D eigenvalue weighted by molar-refractivity contribution is 8.08. The summed E-state index contributed by atoms with van der Waals surface area (Å²) in [5.74, 6) is 0. The zero-order valence-electron chi connectivity index (χ0n) is 5.85. The van der Waals surface area contributed by atoms with Gasteiger partial charge in [-0.1, -0.05) is 46.7 Å². The minimum atomic E-state index is -2.51. The summed E-state index contributed by atoms with van der Waals surface area (Å²) in [5, 5.41) is 0.339. The normalized spacial score (nSPS) is 11.2. The number of rotatable bonds is 2. The topological polar surface area (TPSA) is 0 Å². The van der Waals surface area contributed by atoms with Crippen LogP contribution in [-0.2, 0) is 0 Å². The van der Waals surface area contributed by atoms with Crippen LogP contribution >= 0.6 is 29.1 Å². The van der Waals surface area contributed by atoms with E-state index in [1.807, 2.05) is 0 Å². The van der Waals surface area contributed by atoms with Gasteiger partial charge in [-0.25, -0.2) is 8.78 Å². The van der Waals surface area contributed by atoms with Gasteiger partial charge in [0.05, 0.1) is 0 Å². The quantitative estimate of drug-likeness (QED) is 0.671.